The van der Waals surface area contributed by atoms with Gasteiger partial charge in [-0.05, 0) is 30.4 Å². The number of hydrogen-bond acceptors (Lipinski definition) is 4. The summed E-state index contributed by atoms with van der Waals surface area (Å²) < 4.78 is 5.28. The summed E-state index contributed by atoms with van der Waals surface area (Å²) in [5, 5.41) is 3.92. The molecule has 1 fully saturated rings. The van der Waals surface area contributed by atoms with Gasteiger partial charge in [0.05, 0.1) is 0 Å². The first-order valence-corrected chi connectivity index (χ1v) is 7.30. The molecule has 0 radical (unpaired) electrons. The van der Waals surface area contributed by atoms with Gasteiger partial charge in [-0.15, -0.1) is 0 Å². The Balaban J connectivity index is 1.78. The number of pyridine rings is 1. The molecule has 0 bridgehead atoms. The minimum absolute atomic E-state index is 0.0488. The smallest absolute Gasteiger partial charge is 0.276 e. The zero-order valence-corrected chi connectivity index (χ0v) is 12.3. The summed E-state index contributed by atoms with van der Waals surface area (Å²) in [4.78, 5) is 18.4. The van der Waals surface area contributed by atoms with Gasteiger partial charge in [-0.3, -0.25) is 9.78 Å². The van der Waals surface area contributed by atoms with E-state index in [2.05, 4.69) is 24.0 Å². The maximum Gasteiger partial charge on any atom is 0.276 e. The molecular weight excluding hydrogens is 266 g/mol. The molecule has 0 aromatic carbocycles. The number of aromatic nitrogens is 2. The van der Waals surface area contributed by atoms with Crippen LogP contribution in [0.5, 0.6) is 0 Å². The molecule has 3 heterocycles. The lowest BCUT2D eigenvalue weighted by Gasteiger charge is -2.34. The fraction of sp³-hybridized carbons (Fsp3) is 0.438. The molecule has 0 N–H and O–H groups in total. The molecule has 110 valence electrons. The van der Waals surface area contributed by atoms with Crippen molar-refractivity contribution in [2.24, 2.45) is 11.8 Å². The van der Waals surface area contributed by atoms with E-state index >= 15 is 0 Å². The third kappa shape index (κ3) is 2.96. The quantitative estimate of drug-likeness (QED) is 0.851. The predicted octanol–water partition coefficient (Wildman–Crippen LogP) is 2.85. The Morgan fingerprint density at radius 1 is 1.33 bits per heavy atom. The highest BCUT2D eigenvalue weighted by atomic mass is 16.5. The van der Waals surface area contributed by atoms with Crippen LogP contribution in [0, 0.1) is 11.8 Å². The van der Waals surface area contributed by atoms with Gasteiger partial charge in [0, 0.05) is 37.1 Å². The summed E-state index contributed by atoms with van der Waals surface area (Å²) in [6, 6.07) is 5.41. The number of carbonyl (C=O) groups is 1. The molecule has 21 heavy (non-hydrogen) atoms. The second-order valence-electron chi connectivity index (χ2n) is 5.97. The molecule has 0 spiro atoms. The molecule has 1 aliphatic rings. The highest BCUT2D eigenvalue weighted by Crippen LogP contribution is 2.24. The summed E-state index contributed by atoms with van der Waals surface area (Å²) >= 11 is 0. The molecule has 1 saturated heterocycles. The second-order valence-corrected chi connectivity index (χ2v) is 5.97. The number of nitrogens with zero attached hydrogens (tertiary/aromatic N) is 3. The van der Waals surface area contributed by atoms with Gasteiger partial charge in [-0.2, -0.15) is 0 Å². The molecule has 3 rings (SSSR count). The van der Waals surface area contributed by atoms with Crippen LogP contribution in [0.3, 0.4) is 0 Å². The number of piperidine rings is 1. The van der Waals surface area contributed by atoms with E-state index < -0.39 is 0 Å². The summed E-state index contributed by atoms with van der Waals surface area (Å²) in [6.45, 7) is 5.94. The second kappa shape index (κ2) is 5.68. The zero-order chi connectivity index (χ0) is 14.8. The van der Waals surface area contributed by atoms with Crippen LogP contribution in [0.2, 0.25) is 0 Å². The van der Waals surface area contributed by atoms with Gasteiger partial charge in [0.15, 0.2) is 11.5 Å². The van der Waals surface area contributed by atoms with Gasteiger partial charge in [-0.1, -0.05) is 19.0 Å². The van der Waals surface area contributed by atoms with Crippen molar-refractivity contribution in [3.05, 3.63) is 36.3 Å². The summed E-state index contributed by atoms with van der Waals surface area (Å²) in [6.07, 6.45) is 4.56. The molecule has 1 aliphatic heterocycles. The number of amides is 1. The first-order chi connectivity index (χ1) is 10.1. The fourth-order valence-corrected chi connectivity index (χ4v) is 3.01. The van der Waals surface area contributed by atoms with Gasteiger partial charge < -0.3 is 9.42 Å². The Bertz CT molecular complexity index is 613. The first kappa shape index (κ1) is 13.8. The Morgan fingerprint density at radius 2 is 2.10 bits per heavy atom. The summed E-state index contributed by atoms with van der Waals surface area (Å²) in [5.74, 6) is 1.58. The highest BCUT2D eigenvalue weighted by molar-refractivity contribution is 5.93. The molecule has 2 atom stereocenters. The third-order valence-electron chi connectivity index (χ3n) is 3.83. The molecule has 2 unspecified atom stereocenters. The van der Waals surface area contributed by atoms with Crippen molar-refractivity contribution < 1.29 is 9.32 Å². The lowest BCUT2D eigenvalue weighted by molar-refractivity contribution is 0.0613. The summed E-state index contributed by atoms with van der Waals surface area (Å²) in [7, 11) is 0. The Morgan fingerprint density at radius 3 is 2.76 bits per heavy atom. The van der Waals surface area contributed by atoms with Crippen molar-refractivity contribution in [1.29, 1.82) is 0 Å². The van der Waals surface area contributed by atoms with Crippen LogP contribution in [-0.2, 0) is 0 Å². The average Bonchev–Trinajstić information content (AvgIpc) is 2.96. The van der Waals surface area contributed by atoms with Crippen molar-refractivity contribution in [2.75, 3.05) is 13.1 Å². The molecule has 0 aliphatic carbocycles. The molecule has 2 aromatic rings. The molecule has 2 aromatic heterocycles. The monoisotopic (exact) mass is 285 g/mol. The standard InChI is InChI=1S/C16H19N3O2/c1-11-6-12(2)10-19(9-11)16(20)14-7-15(21-18-14)13-4-3-5-17-8-13/h3-5,7-8,11-12H,6,9-10H2,1-2H3. The van der Waals surface area contributed by atoms with Crippen LogP contribution in [0.4, 0.5) is 0 Å². The van der Waals surface area contributed by atoms with E-state index in [4.69, 9.17) is 4.52 Å². The predicted molar refractivity (Wildman–Crippen MR) is 78.6 cm³/mol. The van der Waals surface area contributed by atoms with Crippen LogP contribution in [0.25, 0.3) is 11.3 Å². The number of rotatable bonds is 2. The maximum atomic E-state index is 12.5. The topological polar surface area (TPSA) is 59.2 Å². The highest BCUT2D eigenvalue weighted by Gasteiger charge is 2.28. The molecule has 0 saturated carbocycles. The van der Waals surface area contributed by atoms with E-state index in [1.54, 1.807) is 18.5 Å². The van der Waals surface area contributed by atoms with E-state index in [1.807, 2.05) is 17.0 Å². The van der Waals surface area contributed by atoms with Crippen molar-refractivity contribution in [3.63, 3.8) is 0 Å². The SMILES string of the molecule is CC1CC(C)CN(C(=O)c2cc(-c3cccnc3)on2)C1. The maximum absolute atomic E-state index is 12.5. The van der Waals surface area contributed by atoms with E-state index in [0.29, 0.717) is 23.3 Å². The van der Waals surface area contributed by atoms with E-state index in [9.17, 15) is 4.79 Å². The number of hydrogen-bond donors (Lipinski definition) is 0. The van der Waals surface area contributed by atoms with Crippen molar-refractivity contribution in [3.8, 4) is 11.3 Å². The third-order valence-corrected chi connectivity index (χ3v) is 3.83. The fourth-order valence-electron chi connectivity index (χ4n) is 3.01. The van der Waals surface area contributed by atoms with Gasteiger partial charge >= 0.3 is 0 Å². The van der Waals surface area contributed by atoms with Gasteiger partial charge in [0.2, 0.25) is 0 Å². The Labute approximate surface area is 124 Å². The van der Waals surface area contributed by atoms with E-state index in [1.165, 1.54) is 6.42 Å². The van der Waals surface area contributed by atoms with E-state index in [-0.39, 0.29) is 5.91 Å². The Hall–Kier alpha value is -2.17. The van der Waals surface area contributed by atoms with Gasteiger partial charge in [0.25, 0.3) is 5.91 Å². The molecule has 5 nitrogen and oxygen atoms in total. The number of carbonyl (C=O) groups excluding carboxylic acids is 1. The van der Waals surface area contributed by atoms with Crippen molar-refractivity contribution in [1.82, 2.24) is 15.0 Å². The van der Waals surface area contributed by atoms with Gasteiger partial charge in [0.1, 0.15) is 0 Å². The average molecular weight is 285 g/mol. The summed E-state index contributed by atoms with van der Waals surface area (Å²) in [5.41, 5.74) is 1.19. The zero-order valence-electron chi connectivity index (χ0n) is 12.3. The first-order valence-electron chi connectivity index (χ1n) is 7.30. The van der Waals surface area contributed by atoms with Crippen LogP contribution in [-0.4, -0.2) is 34.0 Å². The number of likely N-dealkylation sites (tertiary alicyclic amines) is 1. The van der Waals surface area contributed by atoms with E-state index in [0.717, 1.165) is 18.7 Å². The lowest BCUT2D eigenvalue weighted by atomic mass is 9.92. The van der Waals surface area contributed by atoms with Crippen molar-refractivity contribution >= 4 is 5.91 Å². The van der Waals surface area contributed by atoms with Crippen LogP contribution in [0.15, 0.2) is 35.1 Å². The minimum Gasteiger partial charge on any atom is -0.355 e. The molecular formula is C16H19N3O2. The largest absolute Gasteiger partial charge is 0.355 e. The van der Waals surface area contributed by atoms with Crippen molar-refractivity contribution in [2.45, 2.75) is 20.3 Å². The van der Waals surface area contributed by atoms with Crippen LogP contribution < -0.4 is 0 Å². The van der Waals surface area contributed by atoms with Crippen LogP contribution in [0.1, 0.15) is 30.8 Å². The normalized spacial score (nSPS) is 22.3. The Kier molecular flexibility index (Phi) is 3.73. The molecule has 5 heteroatoms. The van der Waals surface area contributed by atoms with Crippen LogP contribution >= 0.6 is 0 Å². The minimum atomic E-state index is -0.0488. The van der Waals surface area contributed by atoms with Gasteiger partial charge in [-0.25, -0.2) is 0 Å². The molecule has 1 amide bonds. The lowest BCUT2D eigenvalue weighted by Crippen LogP contribution is -2.42.